The van der Waals surface area contributed by atoms with Gasteiger partial charge in [0.25, 0.3) is 5.91 Å². The zero-order valence-electron chi connectivity index (χ0n) is 15.4. The van der Waals surface area contributed by atoms with E-state index in [1.807, 2.05) is 48.2 Å². The summed E-state index contributed by atoms with van der Waals surface area (Å²) in [7, 11) is 0. The van der Waals surface area contributed by atoms with E-state index in [0.29, 0.717) is 5.92 Å². The van der Waals surface area contributed by atoms with E-state index in [-0.39, 0.29) is 5.91 Å². The van der Waals surface area contributed by atoms with Crippen LogP contribution >= 0.6 is 0 Å². The third kappa shape index (κ3) is 4.05. The second kappa shape index (κ2) is 7.70. The number of imidazole rings is 1. The summed E-state index contributed by atoms with van der Waals surface area (Å²) in [5.74, 6) is 1.44. The first-order valence-electron chi connectivity index (χ1n) is 9.36. The van der Waals surface area contributed by atoms with Gasteiger partial charge in [0.05, 0.1) is 0 Å². The summed E-state index contributed by atoms with van der Waals surface area (Å²) in [6.45, 7) is 3.57. The lowest BCUT2D eigenvalue weighted by atomic mass is 9.91. The Morgan fingerprint density at radius 1 is 1.15 bits per heavy atom. The maximum absolute atomic E-state index is 12.6. The Bertz CT molecular complexity index is 913. The molecule has 3 heterocycles. The normalized spacial score (nSPS) is 15.1. The summed E-state index contributed by atoms with van der Waals surface area (Å²) in [5.41, 5.74) is 3.64. The minimum absolute atomic E-state index is 0.131. The van der Waals surface area contributed by atoms with Crippen molar-refractivity contribution < 1.29 is 4.79 Å². The SMILES string of the molecule is Cc1cnc(-c2cc(CC3CCN(C(=O)c4ccccc4)CC3)ncn2)[nH]1. The lowest BCUT2D eigenvalue weighted by Crippen LogP contribution is -2.38. The Kier molecular flexibility index (Phi) is 4.96. The molecule has 0 aliphatic carbocycles. The van der Waals surface area contributed by atoms with E-state index in [1.54, 1.807) is 12.5 Å². The molecule has 6 nitrogen and oxygen atoms in total. The molecule has 1 amide bonds. The molecular formula is C21H23N5O. The third-order valence-electron chi connectivity index (χ3n) is 5.09. The van der Waals surface area contributed by atoms with Crippen molar-refractivity contribution in [2.45, 2.75) is 26.2 Å². The Morgan fingerprint density at radius 2 is 1.93 bits per heavy atom. The van der Waals surface area contributed by atoms with Crippen molar-refractivity contribution in [2.75, 3.05) is 13.1 Å². The zero-order chi connectivity index (χ0) is 18.6. The minimum atomic E-state index is 0.131. The average Bonchev–Trinajstić information content (AvgIpc) is 3.15. The van der Waals surface area contributed by atoms with E-state index in [4.69, 9.17) is 0 Å². The quantitative estimate of drug-likeness (QED) is 0.774. The summed E-state index contributed by atoms with van der Waals surface area (Å²) in [5, 5.41) is 0. The molecule has 27 heavy (non-hydrogen) atoms. The highest BCUT2D eigenvalue weighted by Crippen LogP contribution is 2.23. The summed E-state index contributed by atoms with van der Waals surface area (Å²) in [6, 6.07) is 11.5. The molecule has 0 atom stereocenters. The van der Waals surface area contributed by atoms with Gasteiger partial charge in [-0.05, 0) is 50.3 Å². The maximum atomic E-state index is 12.6. The van der Waals surface area contributed by atoms with Crippen LogP contribution in [0.25, 0.3) is 11.5 Å². The van der Waals surface area contributed by atoms with Crippen LogP contribution in [0, 0.1) is 12.8 Å². The standard InChI is InChI=1S/C21H23N5O/c1-15-13-22-20(25-15)19-12-18(23-14-24-19)11-16-7-9-26(10-8-16)21(27)17-5-3-2-4-6-17/h2-6,12-14,16H,7-11H2,1H3,(H,22,25). The number of piperidine rings is 1. The summed E-state index contributed by atoms with van der Waals surface area (Å²) >= 11 is 0. The largest absolute Gasteiger partial charge is 0.341 e. The lowest BCUT2D eigenvalue weighted by molar-refractivity contribution is 0.0690. The van der Waals surface area contributed by atoms with Crippen molar-refractivity contribution >= 4 is 5.91 Å². The predicted octanol–water partition coefficient (Wildman–Crippen LogP) is 3.27. The van der Waals surface area contributed by atoms with E-state index in [1.165, 1.54) is 0 Å². The molecule has 1 N–H and O–H groups in total. The minimum Gasteiger partial charge on any atom is -0.341 e. The number of aromatic nitrogens is 4. The van der Waals surface area contributed by atoms with Crippen LogP contribution in [-0.4, -0.2) is 43.8 Å². The van der Waals surface area contributed by atoms with Crippen molar-refractivity contribution in [1.82, 2.24) is 24.8 Å². The molecule has 0 saturated carbocycles. The van der Waals surface area contributed by atoms with Crippen LogP contribution in [0.1, 0.15) is 34.6 Å². The highest BCUT2D eigenvalue weighted by atomic mass is 16.2. The van der Waals surface area contributed by atoms with Crippen molar-refractivity contribution in [3.8, 4) is 11.5 Å². The second-order valence-electron chi connectivity index (χ2n) is 7.12. The van der Waals surface area contributed by atoms with Crippen LogP contribution in [0.2, 0.25) is 0 Å². The highest BCUT2D eigenvalue weighted by molar-refractivity contribution is 5.94. The number of carbonyl (C=O) groups excluding carboxylic acids is 1. The van der Waals surface area contributed by atoms with Gasteiger partial charge in [-0.25, -0.2) is 15.0 Å². The van der Waals surface area contributed by atoms with Gasteiger partial charge in [-0.15, -0.1) is 0 Å². The van der Waals surface area contributed by atoms with E-state index < -0.39 is 0 Å². The molecule has 0 spiro atoms. The van der Waals surface area contributed by atoms with Crippen LogP contribution in [-0.2, 0) is 6.42 Å². The summed E-state index contributed by atoms with van der Waals surface area (Å²) < 4.78 is 0. The molecule has 1 aromatic carbocycles. The molecule has 3 aromatic rings. The highest BCUT2D eigenvalue weighted by Gasteiger charge is 2.24. The molecular weight excluding hydrogens is 338 g/mol. The molecule has 1 aliphatic heterocycles. The number of nitrogens with zero attached hydrogens (tertiary/aromatic N) is 4. The Hall–Kier alpha value is -3.02. The number of hydrogen-bond donors (Lipinski definition) is 1. The smallest absolute Gasteiger partial charge is 0.253 e. The number of rotatable bonds is 4. The molecule has 138 valence electrons. The number of nitrogens with one attached hydrogen (secondary N) is 1. The third-order valence-corrected chi connectivity index (χ3v) is 5.09. The van der Waals surface area contributed by atoms with Gasteiger partial charge in [-0.1, -0.05) is 18.2 Å². The second-order valence-corrected chi connectivity index (χ2v) is 7.12. The molecule has 1 fully saturated rings. The number of amides is 1. The van der Waals surface area contributed by atoms with Crippen LogP contribution in [0.3, 0.4) is 0 Å². The van der Waals surface area contributed by atoms with Gasteiger partial charge in [0.2, 0.25) is 0 Å². The van der Waals surface area contributed by atoms with Gasteiger partial charge in [-0.3, -0.25) is 4.79 Å². The Morgan fingerprint density at radius 3 is 2.63 bits per heavy atom. The number of aryl methyl sites for hydroxylation is 1. The Labute approximate surface area is 158 Å². The van der Waals surface area contributed by atoms with Gasteiger partial charge >= 0.3 is 0 Å². The van der Waals surface area contributed by atoms with Crippen molar-refractivity contribution in [3.63, 3.8) is 0 Å². The van der Waals surface area contributed by atoms with Crippen molar-refractivity contribution in [1.29, 1.82) is 0 Å². The number of benzene rings is 1. The molecule has 6 heteroatoms. The number of likely N-dealkylation sites (tertiary alicyclic amines) is 1. The Balaban J connectivity index is 1.36. The first kappa shape index (κ1) is 17.4. The molecule has 4 rings (SSSR count). The molecule has 0 radical (unpaired) electrons. The lowest BCUT2D eigenvalue weighted by Gasteiger charge is -2.32. The fraction of sp³-hybridized carbons (Fsp3) is 0.333. The number of carbonyl (C=O) groups is 1. The van der Waals surface area contributed by atoms with Gasteiger partial charge in [-0.2, -0.15) is 0 Å². The van der Waals surface area contributed by atoms with Gasteiger partial charge in [0, 0.05) is 36.2 Å². The number of aromatic amines is 1. The van der Waals surface area contributed by atoms with Crippen molar-refractivity contribution in [2.24, 2.45) is 5.92 Å². The fourth-order valence-corrected chi connectivity index (χ4v) is 3.58. The van der Waals surface area contributed by atoms with Gasteiger partial charge in [0.1, 0.15) is 12.0 Å². The fourth-order valence-electron chi connectivity index (χ4n) is 3.58. The predicted molar refractivity (Wildman–Crippen MR) is 103 cm³/mol. The first-order chi connectivity index (χ1) is 13.2. The molecule has 1 saturated heterocycles. The molecule has 0 bridgehead atoms. The zero-order valence-corrected chi connectivity index (χ0v) is 15.4. The molecule has 2 aromatic heterocycles. The molecule has 1 aliphatic rings. The van der Waals surface area contributed by atoms with E-state index in [2.05, 4.69) is 19.9 Å². The monoisotopic (exact) mass is 361 g/mol. The summed E-state index contributed by atoms with van der Waals surface area (Å²) in [6.07, 6.45) is 6.31. The summed E-state index contributed by atoms with van der Waals surface area (Å²) in [4.78, 5) is 30.8. The first-order valence-corrected chi connectivity index (χ1v) is 9.36. The van der Waals surface area contributed by atoms with Crippen LogP contribution < -0.4 is 0 Å². The van der Waals surface area contributed by atoms with E-state index >= 15 is 0 Å². The number of hydrogen-bond acceptors (Lipinski definition) is 4. The van der Waals surface area contributed by atoms with Crippen LogP contribution in [0.15, 0.2) is 48.9 Å². The number of H-pyrrole nitrogens is 1. The van der Waals surface area contributed by atoms with E-state index in [9.17, 15) is 4.79 Å². The van der Waals surface area contributed by atoms with Gasteiger partial charge in [0.15, 0.2) is 5.82 Å². The van der Waals surface area contributed by atoms with E-state index in [0.717, 1.165) is 60.8 Å². The maximum Gasteiger partial charge on any atom is 0.253 e. The molecule has 0 unspecified atom stereocenters. The van der Waals surface area contributed by atoms with Crippen LogP contribution in [0.4, 0.5) is 0 Å². The van der Waals surface area contributed by atoms with Crippen molar-refractivity contribution in [3.05, 3.63) is 65.9 Å². The van der Waals surface area contributed by atoms with Gasteiger partial charge < -0.3 is 9.88 Å². The topological polar surface area (TPSA) is 74.8 Å². The average molecular weight is 361 g/mol. The van der Waals surface area contributed by atoms with Crippen LogP contribution in [0.5, 0.6) is 0 Å².